The van der Waals surface area contributed by atoms with E-state index in [2.05, 4.69) is 19.6 Å². The van der Waals surface area contributed by atoms with E-state index in [9.17, 15) is 9.90 Å². The van der Waals surface area contributed by atoms with E-state index in [0.29, 0.717) is 5.57 Å². The molecule has 0 aromatic heterocycles. The molecule has 0 radical (unpaired) electrons. The van der Waals surface area contributed by atoms with Crippen molar-refractivity contribution in [2.45, 2.75) is 50.4 Å². The second kappa shape index (κ2) is 4.46. The van der Waals surface area contributed by atoms with Crippen LogP contribution in [0.25, 0.3) is 0 Å². The number of allylic oxidation sites excluding steroid dienone is 1. The SMILES string of the molecule is C=C1C(=O)O[C@@H]2/C=C(\C)CC[C@H]3O[C@@]3(CO)CC[C@H]12. The Hall–Kier alpha value is -1.13. The number of carbonyl (C=O) groups excluding carboxylic acids is 1. The van der Waals surface area contributed by atoms with Crippen molar-refractivity contribution in [3.63, 3.8) is 0 Å². The lowest BCUT2D eigenvalue weighted by Crippen LogP contribution is -2.25. The van der Waals surface area contributed by atoms with Gasteiger partial charge >= 0.3 is 5.97 Å². The summed E-state index contributed by atoms with van der Waals surface area (Å²) in [6, 6.07) is 0. The van der Waals surface area contributed by atoms with E-state index in [4.69, 9.17) is 9.47 Å². The first-order valence-corrected chi connectivity index (χ1v) is 6.91. The standard InChI is InChI=1S/C15H20O4/c1-9-3-4-13-15(8-16,19-13)6-5-11-10(2)14(17)18-12(11)7-9/h7,11-13,16H,2-6,8H2,1H3/b9-7+/t11-,12-,13-,15-/m1/s1. The summed E-state index contributed by atoms with van der Waals surface area (Å²) in [5.74, 6) is -0.265. The summed E-state index contributed by atoms with van der Waals surface area (Å²) in [5, 5.41) is 9.53. The summed E-state index contributed by atoms with van der Waals surface area (Å²) in [6.45, 7) is 5.96. The van der Waals surface area contributed by atoms with Crippen LogP contribution in [0.4, 0.5) is 0 Å². The normalized spacial score (nSPS) is 44.7. The highest BCUT2D eigenvalue weighted by atomic mass is 16.6. The van der Waals surface area contributed by atoms with Gasteiger partial charge in [-0.2, -0.15) is 0 Å². The van der Waals surface area contributed by atoms with Crippen LogP contribution in [0.3, 0.4) is 0 Å². The second-order valence-corrected chi connectivity index (χ2v) is 5.92. The number of esters is 1. The Kier molecular flexibility index (Phi) is 3.02. The maximum Gasteiger partial charge on any atom is 0.334 e. The van der Waals surface area contributed by atoms with E-state index in [1.165, 1.54) is 5.57 Å². The van der Waals surface area contributed by atoms with Gasteiger partial charge in [-0.25, -0.2) is 4.79 Å². The van der Waals surface area contributed by atoms with Crippen LogP contribution in [0, 0.1) is 5.92 Å². The molecule has 1 N–H and O–H groups in total. The average Bonchev–Trinajstić information content (AvgIpc) is 3.03. The molecule has 0 spiro atoms. The van der Waals surface area contributed by atoms with Gasteiger partial charge in [-0.3, -0.25) is 0 Å². The second-order valence-electron chi connectivity index (χ2n) is 5.92. The van der Waals surface area contributed by atoms with Crippen molar-refractivity contribution in [1.29, 1.82) is 0 Å². The fraction of sp³-hybridized carbons (Fsp3) is 0.667. The third-order valence-corrected chi connectivity index (χ3v) is 4.65. The Labute approximate surface area is 113 Å². The zero-order valence-corrected chi connectivity index (χ0v) is 11.2. The lowest BCUT2D eigenvalue weighted by molar-refractivity contribution is -0.137. The minimum Gasteiger partial charge on any atom is -0.454 e. The highest BCUT2D eigenvalue weighted by molar-refractivity contribution is 5.91. The zero-order chi connectivity index (χ0) is 13.6. The number of hydrogen-bond acceptors (Lipinski definition) is 4. The van der Waals surface area contributed by atoms with E-state index in [1.807, 2.05) is 0 Å². The number of hydrogen-bond donors (Lipinski definition) is 1. The number of aliphatic hydroxyl groups excluding tert-OH is 1. The van der Waals surface area contributed by atoms with Crippen molar-refractivity contribution >= 4 is 5.97 Å². The van der Waals surface area contributed by atoms with Crippen molar-refractivity contribution in [2.75, 3.05) is 6.61 Å². The minimum absolute atomic E-state index is 0.0221. The Bertz CT molecular complexity index is 453. The van der Waals surface area contributed by atoms with Gasteiger partial charge in [-0.05, 0) is 38.7 Å². The molecular weight excluding hydrogens is 244 g/mol. The van der Waals surface area contributed by atoms with Gasteiger partial charge in [0.05, 0.1) is 12.7 Å². The van der Waals surface area contributed by atoms with Crippen LogP contribution in [0.2, 0.25) is 0 Å². The number of epoxide rings is 1. The van der Waals surface area contributed by atoms with Gasteiger partial charge in [-0.1, -0.05) is 12.2 Å². The van der Waals surface area contributed by atoms with Crippen LogP contribution in [0.5, 0.6) is 0 Å². The number of aliphatic hydroxyl groups is 1. The molecule has 0 aromatic rings. The maximum atomic E-state index is 11.7. The molecule has 0 aromatic carbocycles. The molecular formula is C15H20O4. The molecule has 2 saturated heterocycles. The van der Waals surface area contributed by atoms with Crippen LogP contribution < -0.4 is 0 Å². The molecule has 19 heavy (non-hydrogen) atoms. The molecule has 0 unspecified atom stereocenters. The van der Waals surface area contributed by atoms with Crippen LogP contribution in [-0.2, 0) is 14.3 Å². The van der Waals surface area contributed by atoms with Crippen LogP contribution in [0.15, 0.2) is 23.8 Å². The molecule has 3 aliphatic rings. The third-order valence-electron chi connectivity index (χ3n) is 4.65. The van der Waals surface area contributed by atoms with Gasteiger partial charge in [0.25, 0.3) is 0 Å². The highest BCUT2D eigenvalue weighted by Crippen LogP contribution is 2.46. The first-order chi connectivity index (χ1) is 9.05. The van der Waals surface area contributed by atoms with E-state index < -0.39 is 0 Å². The van der Waals surface area contributed by atoms with E-state index in [-0.39, 0.29) is 36.3 Å². The van der Waals surface area contributed by atoms with E-state index >= 15 is 0 Å². The average molecular weight is 264 g/mol. The maximum absolute atomic E-state index is 11.7. The summed E-state index contributed by atoms with van der Waals surface area (Å²) in [4.78, 5) is 11.7. The summed E-state index contributed by atoms with van der Waals surface area (Å²) in [5.41, 5.74) is 1.38. The highest BCUT2D eigenvalue weighted by Gasteiger charge is 2.56. The topological polar surface area (TPSA) is 59.1 Å². The van der Waals surface area contributed by atoms with Gasteiger partial charge in [0.1, 0.15) is 11.7 Å². The number of rotatable bonds is 1. The molecule has 1 aliphatic carbocycles. The van der Waals surface area contributed by atoms with Crippen molar-refractivity contribution in [3.8, 4) is 0 Å². The molecule has 4 atom stereocenters. The third kappa shape index (κ3) is 2.13. The summed E-state index contributed by atoms with van der Waals surface area (Å²) < 4.78 is 11.1. The predicted molar refractivity (Wildman–Crippen MR) is 69.4 cm³/mol. The molecule has 2 heterocycles. The smallest absolute Gasteiger partial charge is 0.334 e. The molecule has 2 aliphatic heterocycles. The van der Waals surface area contributed by atoms with Gasteiger partial charge in [0, 0.05) is 11.5 Å². The van der Waals surface area contributed by atoms with Crippen molar-refractivity contribution in [1.82, 2.24) is 0 Å². The Morgan fingerprint density at radius 1 is 1.53 bits per heavy atom. The lowest BCUT2D eigenvalue weighted by atomic mass is 9.84. The molecule has 0 saturated carbocycles. The number of carbonyl (C=O) groups is 1. The zero-order valence-electron chi connectivity index (χ0n) is 11.2. The quantitative estimate of drug-likeness (QED) is 0.339. The molecule has 4 heteroatoms. The Morgan fingerprint density at radius 3 is 3.05 bits per heavy atom. The van der Waals surface area contributed by atoms with Gasteiger partial charge < -0.3 is 14.6 Å². The summed E-state index contributed by atoms with van der Waals surface area (Å²) >= 11 is 0. The lowest BCUT2D eigenvalue weighted by Gasteiger charge is -2.19. The van der Waals surface area contributed by atoms with Gasteiger partial charge in [0.15, 0.2) is 0 Å². The van der Waals surface area contributed by atoms with Crippen molar-refractivity contribution in [3.05, 3.63) is 23.8 Å². The van der Waals surface area contributed by atoms with Crippen LogP contribution in [-0.4, -0.2) is 35.5 Å². The van der Waals surface area contributed by atoms with Gasteiger partial charge in [-0.15, -0.1) is 0 Å². The fourth-order valence-corrected chi connectivity index (χ4v) is 3.25. The monoisotopic (exact) mass is 264 g/mol. The molecule has 3 rings (SSSR count). The van der Waals surface area contributed by atoms with Crippen molar-refractivity contribution < 1.29 is 19.4 Å². The molecule has 0 bridgehead atoms. The largest absolute Gasteiger partial charge is 0.454 e. The Balaban J connectivity index is 1.84. The Morgan fingerprint density at radius 2 is 2.32 bits per heavy atom. The summed E-state index contributed by atoms with van der Waals surface area (Å²) in [6.07, 6.45) is 5.40. The molecule has 0 amide bonds. The molecule has 104 valence electrons. The summed E-state index contributed by atoms with van der Waals surface area (Å²) in [7, 11) is 0. The van der Waals surface area contributed by atoms with Crippen LogP contribution in [0.1, 0.15) is 32.6 Å². The first-order valence-electron chi connectivity index (χ1n) is 6.91. The van der Waals surface area contributed by atoms with Crippen LogP contribution >= 0.6 is 0 Å². The molecule has 4 nitrogen and oxygen atoms in total. The predicted octanol–water partition coefficient (Wildman–Crippen LogP) is 1.73. The minimum atomic E-state index is -0.381. The number of fused-ring (bicyclic) bond motifs is 2. The fourth-order valence-electron chi connectivity index (χ4n) is 3.25. The molecule has 2 fully saturated rings. The van der Waals surface area contributed by atoms with E-state index in [1.54, 1.807) is 0 Å². The van der Waals surface area contributed by atoms with E-state index in [0.717, 1.165) is 25.7 Å². The van der Waals surface area contributed by atoms with Crippen molar-refractivity contribution in [2.24, 2.45) is 5.92 Å². The first kappa shape index (κ1) is 12.9. The number of ether oxygens (including phenoxy) is 2. The van der Waals surface area contributed by atoms with Gasteiger partial charge in [0.2, 0.25) is 0 Å².